The van der Waals surface area contributed by atoms with Crippen molar-refractivity contribution in [3.63, 3.8) is 0 Å². The molecule has 1 aliphatic rings. The van der Waals surface area contributed by atoms with E-state index in [4.69, 9.17) is 9.47 Å². The molecule has 1 aliphatic heterocycles. The van der Waals surface area contributed by atoms with Gasteiger partial charge in [-0.15, -0.1) is 0 Å². The second-order valence-electron chi connectivity index (χ2n) is 3.28. The van der Waals surface area contributed by atoms with Crippen LogP contribution in [0.1, 0.15) is 19.3 Å². The van der Waals surface area contributed by atoms with E-state index in [1.165, 1.54) is 13.4 Å². The number of alkyl halides is 3. The minimum absolute atomic E-state index is 0.313. The highest BCUT2D eigenvalue weighted by Gasteiger charge is 2.34. The summed E-state index contributed by atoms with van der Waals surface area (Å²) in [6, 6.07) is 0. The molecule has 0 saturated carbocycles. The van der Waals surface area contributed by atoms with E-state index in [1.54, 1.807) is 0 Å². The number of halogens is 3. The first-order valence-electron chi connectivity index (χ1n) is 4.40. The van der Waals surface area contributed by atoms with Gasteiger partial charge in [0.25, 0.3) is 0 Å². The van der Waals surface area contributed by atoms with Gasteiger partial charge in [-0.2, -0.15) is 13.2 Å². The van der Waals surface area contributed by atoms with Crippen molar-refractivity contribution in [3.05, 3.63) is 11.8 Å². The molecule has 0 N–H and O–H groups in total. The molecule has 1 atom stereocenters. The van der Waals surface area contributed by atoms with Crippen molar-refractivity contribution in [1.29, 1.82) is 0 Å². The Morgan fingerprint density at radius 1 is 1.57 bits per heavy atom. The lowest BCUT2D eigenvalue weighted by Gasteiger charge is -2.25. The van der Waals surface area contributed by atoms with Crippen LogP contribution in [0.4, 0.5) is 13.2 Å². The molecule has 0 radical (unpaired) electrons. The Bertz CT molecular complexity index is 211. The third-order valence-corrected chi connectivity index (χ3v) is 2.01. The van der Waals surface area contributed by atoms with Gasteiger partial charge in [0.1, 0.15) is 0 Å². The van der Waals surface area contributed by atoms with Crippen LogP contribution in [0.15, 0.2) is 11.8 Å². The SMILES string of the molecule is CO/C=C1\CCO[C@@H](CC(F)(F)F)C1. The van der Waals surface area contributed by atoms with E-state index in [0.717, 1.165) is 5.57 Å². The third kappa shape index (κ3) is 4.00. The molecule has 0 unspecified atom stereocenters. The van der Waals surface area contributed by atoms with E-state index in [-0.39, 0.29) is 0 Å². The zero-order chi connectivity index (χ0) is 10.6. The predicted octanol–water partition coefficient (Wildman–Crippen LogP) is 2.65. The van der Waals surface area contributed by atoms with E-state index < -0.39 is 18.7 Å². The van der Waals surface area contributed by atoms with Crippen molar-refractivity contribution in [2.45, 2.75) is 31.5 Å². The Morgan fingerprint density at radius 2 is 2.29 bits per heavy atom. The van der Waals surface area contributed by atoms with Crippen molar-refractivity contribution in [1.82, 2.24) is 0 Å². The molecule has 0 spiro atoms. The number of rotatable bonds is 2. The highest BCUT2D eigenvalue weighted by Crippen LogP contribution is 2.29. The fourth-order valence-electron chi connectivity index (χ4n) is 1.47. The van der Waals surface area contributed by atoms with E-state index in [1.807, 2.05) is 0 Å². The molecule has 0 aromatic carbocycles. The van der Waals surface area contributed by atoms with Gasteiger partial charge in [0.15, 0.2) is 0 Å². The van der Waals surface area contributed by atoms with Gasteiger partial charge in [-0.3, -0.25) is 0 Å². The van der Waals surface area contributed by atoms with Gasteiger partial charge in [0, 0.05) is 0 Å². The fourth-order valence-corrected chi connectivity index (χ4v) is 1.47. The number of ether oxygens (including phenoxy) is 2. The Labute approximate surface area is 80.7 Å². The van der Waals surface area contributed by atoms with Gasteiger partial charge in [0.2, 0.25) is 0 Å². The van der Waals surface area contributed by atoms with Crippen molar-refractivity contribution >= 4 is 0 Å². The zero-order valence-electron chi connectivity index (χ0n) is 7.93. The smallest absolute Gasteiger partial charge is 0.391 e. The highest BCUT2D eigenvalue weighted by molar-refractivity contribution is 5.02. The first kappa shape index (κ1) is 11.4. The largest absolute Gasteiger partial charge is 0.504 e. The summed E-state index contributed by atoms with van der Waals surface area (Å²) >= 11 is 0. The summed E-state index contributed by atoms with van der Waals surface area (Å²) < 4.78 is 45.8. The molecule has 2 nitrogen and oxygen atoms in total. The van der Waals surface area contributed by atoms with Crippen molar-refractivity contribution < 1.29 is 22.6 Å². The summed E-state index contributed by atoms with van der Waals surface area (Å²) in [4.78, 5) is 0. The maximum absolute atomic E-state index is 12.0. The Balaban J connectivity index is 2.44. The van der Waals surface area contributed by atoms with Crippen LogP contribution in [0, 0.1) is 0 Å². The van der Waals surface area contributed by atoms with Crippen LogP contribution in [0.3, 0.4) is 0 Å². The van der Waals surface area contributed by atoms with Crippen molar-refractivity contribution in [2.24, 2.45) is 0 Å². The minimum atomic E-state index is -4.15. The molecule has 82 valence electrons. The van der Waals surface area contributed by atoms with Crippen LogP contribution in [0.2, 0.25) is 0 Å². The second-order valence-corrected chi connectivity index (χ2v) is 3.28. The third-order valence-electron chi connectivity index (χ3n) is 2.01. The molecule has 1 saturated heterocycles. The van der Waals surface area contributed by atoms with Crippen molar-refractivity contribution in [2.75, 3.05) is 13.7 Å². The fraction of sp³-hybridized carbons (Fsp3) is 0.778. The molecular formula is C9H13F3O2. The molecule has 0 aromatic heterocycles. The number of hydrogen-bond acceptors (Lipinski definition) is 2. The van der Waals surface area contributed by atoms with Crippen LogP contribution in [-0.2, 0) is 9.47 Å². The van der Waals surface area contributed by atoms with Crippen LogP contribution in [-0.4, -0.2) is 26.0 Å². The number of methoxy groups -OCH3 is 1. The number of hydrogen-bond donors (Lipinski definition) is 0. The Kier molecular flexibility index (Phi) is 3.80. The Hall–Kier alpha value is -0.710. The average Bonchev–Trinajstić information content (AvgIpc) is 2.02. The normalized spacial score (nSPS) is 26.6. The lowest BCUT2D eigenvalue weighted by molar-refractivity contribution is -0.162. The first-order valence-corrected chi connectivity index (χ1v) is 4.40. The predicted molar refractivity (Wildman–Crippen MR) is 44.7 cm³/mol. The van der Waals surface area contributed by atoms with E-state index in [0.29, 0.717) is 19.4 Å². The Morgan fingerprint density at radius 3 is 2.86 bits per heavy atom. The molecule has 1 rings (SSSR count). The molecule has 0 aromatic rings. The standard InChI is InChI=1S/C9H13F3O2/c1-13-6-7-2-3-14-8(4-7)5-9(10,11)12/h6,8H,2-5H2,1H3/b7-6+/t8-/m1/s1. The minimum Gasteiger partial charge on any atom is -0.504 e. The van der Waals surface area contributed by atoms with Crippen LogP contribution >= 0.6 is 0 Å². The van der Waals surface area contributed by atoms with Gasteiger partial charge >= 0.3 is 6.18 Å². The molecule has 1 fully saturated rings. The van der Waals surface area contributed by atoms with E-state index >= 15 is 0 Å². The molecule has 5 heteroatoms. The maximum atomic E-state index is 12.0. The van der Waals surface area contributed by atoms with Gasteiger partial charge in [-0.1, -0.05) is 0 Å². The summed E-state index contributed by atoms with van der Waals surface area (Å²) in [7, 11) is 1.49. The van der Waals surface area contributed by atoms with Crippen LogP contribution in [0.5, 0.6) is 0 Å². The molecule has 0 bridgehead atoms. The summed E-state index contributed by atoms with van der Waals surface area (Å²) in [5.74, 6) is 0. The lowest BCUT2D eigenvalue weighted by atomic mass is 10.0. The van der Waals surface area contributed by atoms with Crippen LogP contribution < -0.4 is 0 Å². The average molecular weight is 210 g/mol. The maximum Gasteiger partial charge on any atom is 0.391 e. The van der Waals surface area contributed by atoms with Gasteiger partial charge in [0.05, 0.1) is 32.5 Å². The topological polar surface area (TPSA) is 18.5 Å². The zero-order valence-corrected chi connectivity index (χ0v) is 7.93. The van der Waals surface area contributed by atoms with Crippen LogP contribution in [0.25, 0.3) is 0 Å². The molecule has 0 aliphatic carbocycles. The van der Waals surface area contributed by atoms with Gasteiger partial charge in [-0.05, 0) is 18.4 Å². The quantitative estimate of drug-likeness (QED) is 0.652. The monoisotopic (exact) mass is 210 g/mol. The highest BCUT2D eigenvalue weighted by atomic mass is 19.4. The molecule has 1 heterocycles. The summed E-state index contributed by atoms with van der Waals surface area (Å²) in [6.07, 6.45) is -3.31. The second kappa shape index (κ2) is 4.68. The summed E-state index contributed by atoms with van der Waals surface area (Å²) in [5, 5.41) is 0. The first-order chi connectivity index (χ1) is 6.51. The van der Waals surface area contributed by atoms with E-state index in [2.05, 4.69) is 0 Å². The molecule has 0 amide bonds. The molecule has 14 heavy (non-hydrogen) atoms. The summed E-state index contributed by atoms with van der Waals surface area (Å²) in [6.45, 7) is 0.343. The lowest BCUT2D eigenvalue weighted by Crippen LogP contribution is -2.27. The van der Waals surface area contributed by atoms with Gasteiger partial charge in [-0.25, -0.2) is 0 Å². The van der Waals surface area contributed by atoms with Crippen molar-refractivity contribution in [3.8, 4) is 0 Å². The van der Waals surface area contributed by atoms with Gasteiger partial charge < -0.3 is 9.47 Å². The van der Waals surface area contributed by atoms with E-state index in [9.17, 15) is 13.2 Å². The summed E-state index contributed by atoms with van der Waals surface area (Å²) in [5.41, 5.74) is 0.882. The molecular weight excluding hydrogens is 197 g/mol.